The molecule has 29 heavy (non-hydrogen) atoms. The Hall–Kier alpha value is -1.60. The molecule has 0 aromatic heterocycles. The fourth-order valence-corrected chi connectivity index (χ4v) is 3.47. The van der Waals surface area contributed by atoms with Crippen LogP contribution < -0.4 is 0 Å². The van der Waals surface area contributed by atoms with Crippen LogP contribution in [0.1, 0.15) is 31.7 Å². The number of hydrogen-bond donors (Lipinski definition) is 2. The zero-order valence-corrected chi connectivity index (χ0v) is 18.5. The zero-order chi connectivity index (χ0) is 22.0. The number of carbonyl (C=O) groups is 2. The number of carboxylic acids is 2. The van der Waals surface area contributed by atoms with Crippen LogP contribution in [0.5, 0.6) is 0 Å². The number of halogens is 2. The molecule has 2 rings (SSSR count). The first-order valence-corrected chi connectivity index (χ1v) is 10.2. The summed E-state index contributed by atoms with van der Waals surface area (Å²) in [6.07, 6.45) is 2.26. The van der Waals surface area contributed by atoms with Crippen LogP contribution >= 0.6 is 23.2 Å². The molecule has 0 radical (unpaired) electrons. The van der Waals surface area contributed by atoms with E-state index in [0.29, 0.717) is 40.0 Å². The Labute approximate surface area is 182 Å². The molecule has 1 aromatic rings. The standard InChI is InChI=1S/C17H25Cl2NO.C4H4O4/c1-12(2)10-21-11-14-9-20(3)7-6-15(14)13-4-5-16(18)17(19)8-13;5-3(6)1-2-4(7)8/h4-5,8,12,14-15H,6-7,9-11H2,1-3H3;1-2H,(H,5,6)(H,7,8). The summed E-state index contributed by atoms with van der Waals surface area (Å²) >= 11 is 12.2. The van der Waals surface area contributed by atoms with Gasteiger partial charge >= 0.3 is 11.9 Å². The van der Waals surface area contributed by atoms with Gasteiger partial charge in [0.2, 0.25) is 0 Å². The molecule has 1 aliphatic rings. The van der Waals surface area contributed by atoms with Crippen molar-refractivity contribution in [1.82, 2.24) is 4.90 Å². The number of hydrogen-bond acceptors (Lipinski definition) is 4. The van der Waals surface area contributed by atoms with E-state index in [-0.39, 0.29) is 0 Å². The number of carboxylic acid groups (broad SMARTS) is 2. The Kier molecular flexibility index (Phi) is 11.3. The van der Waals surface area contributed by atoms with Crippen molar-refractivity contribution in [3.05, 3.63) is 46.0 Å². The molecule has 0 aliphatic carbocycles. The highest BCUT2D eigenvalue weighted by Gasteiger charge is 2.29. The molecule has 162 valence electrons. The van der Waals surface area contributed by atoms with Gasteiger partial charge in [-0.15, -0.1) is 0 Å². The smallest absolute Gasteiger partial charge is 0.328 e. The minimum atomic E-state index is -1.26. The van der Waals surface area contributed by atoms with Gasteiger partial charge in [0.1, 0.15) is 0 Å². The molecular weight excluding hydrogens is 417 g/mol. The van der Waals surface area contributed by atoms with E-state index >= 15 is 0 Å². The number of rotatable bonds is 7. The SMILES string of the molecule is CC(C)COCC1CN(C)CCC1c1ccc(Cl)c(Cl)c1.O=C(O)C=CC(=O)O. The Morgan fingerprint density at radius 1 is 1.21 bits per heavy atom. The molecule has 1 aromatic carbocycles. The summed E-state index contributed by atoms with van der Waals surface area (Å²) in [7, 11) is 2.18. The van der Waals surface area contributed by atoms with Gasteiger partial charge in [0.15, 0.2) is 0 Å². The molecule has 1 heterocycles. The summed E-state index contributed by atoms with van der Waals surface area (Å²) in [5.41, 5.74) is 1.29. The summed E-state index contributed by atoms with van der Waals surface area (Å²) in [5.74, 6) is -0.919. The van der Waals surface area contributed by atoms with Crippen molar-refractivity contribution in [2.24, 2.45) is 11.8 Å². The maximum Gasteiger partial charge on any atom is 0.328 e. The van der Waals surface area contributed by atoms with Crippen LogP contribution in [-0.4, -0.2) is 60.4 Å². The third-order valence-corrected chi connectivity index (χ3v) is 5.20. The summed E-state index contributed by atoms with van der Waals surface area (Å²) in [5, 5.41) is 16.9. The first kappa shape index (κ1) is 25.4. The van der Waals surface area contributed by atoms with E-state index < -0.39 is 11.9 Å². The molecule has 0 amide bonds. The maximum atomic E-state index is 9.55. The topological polar surface area (TPSA) is 87.1 Å². The van der Waals surface area contributed by atoms with Crippen LogP contribution in [0.4, 0.5) is 0 Å². The number of nitrogens with zero attached hydrogens (tertiary/aromatic N) is 1. The first-order valence-electron chi connectivity index (χ1n) is 9.45. The van der Waals surface area contributed by atoms with Crippen molar-refractivity contribution >= 4 is 35.1 Å². The minimum absolute atomic E-state index is 0.503. The summed E-state index contributed by atoms with van der Waals surface area (Å²) in [6, 6.07) is 6.04. The number of aliphatic carboxylic acids is 2. The van der Waals surface area contributed by atoms with E-state index in [4.69, 9.17) is 38.2 Å². The lowest BCUT2D eigenvalue weighted by Crippen LogP contribution is -2.39. The molecule has 6 nitrogen and oxygen atoms in total. The molecule has 0 saturated carbocycles. The largest absolute Gasteiger partial charge is 0.478 e. The quantitative estimate of drug-likeness (QED) is 0.604. The van der Waals surface area contributed by atoms with E-state index in [1.54, 1.807) is 0 Å². The number of likely N-dealkylation sites (tertiary alicyclic amines) is 1. The highest BCUT2D eigenvalue weighted by atomic mass is 35.5. The third kappa shape index (κ3) is 10.1. The van der Waals surface area contributed by atoms with Crippen LogP contribution in [0.3, 0.4) is 0 Å². The normalized spacial score (nSPS) is 19.8. The van der Waals surface area contributed by atoms with Gasteiger partial charge in [-0.2, -0.15) is 0 Å². The van der Waals surface area contributed by atoms with Gasteiger partial charge in [-0.3, -0.25) is 0 Å². The van der Waals surface area contributed by atoms with Crippen LogP contribution in [-0.2, 0) is 14.3 Å². The van der Waals surface area contributed by atoms with Crippen molar-refractivity contribution in [1.29, 1.82) is 0 Å². The molecule has 1 aliphatic heterocycles. The Balaban J connectivity index is 0.000000447. The van der Waals surface area contributed by atoms with E-state index in [1.807, 2.05) is 12.1 Å². The molecular formula is C21H29Cl2NO5. The third-order valence-electron chi connectivity index (χ3n) is 4.46. The number of benzene rings is 1. The van der Waals surface area contributed by atoms with Gasteiger partial charge in [0.25, 0.3) is 0 Å². The van der Waals surface area contributed by atoms with Crippen molar-refractivity contribution < 1.29 is 24.5 Å². The summed E-state index contributed by atoms with van der Waals surface area (Å²) < 4.78 is 5.90. The molecule has 2 N–H and O–H groups in total. The van der Waals surface area contributed by atoms with Crippen LogP contribution in [0.2, 0.25) is 10.0 Å². The Morgan fingerprint density at radius 3 is 2.34 bits per heavy atom. The second-order valence-electron chi connectivity index (χ2n) is 7.53. The lowest BCUT2D eigenvalue weighted by Gasteiger charge is -2.37. The van der Waals surface area contributed by atoms with Gasteiger partial charge in [0.05, 0.1) is 16.7 Å². The fourth-order valence-electron chi connectivity index (χ4n) is 3.16. The second-order valence-corrected chi connectivity index (χ2v) is 8.35. The molecule has 1 fully saturated rings. The van der Waals surface area contributed by atoms with Crippen LogP contribution in [0, 0.1) is 11.8 Å². The molecule has 0 bridgehead atoms. The lowest BCUT2D eigenvalue weighted by atomic mass is 9.81. The van der Waals surface area contributed by atoms with Crippen molar-refractivity contribution in [3.63, 3.8) is 0 Å². The molecule has 2 unspecified atom stereocenters. The monoisotopic (exact) mass is 445 g/mol. The van der Waals surface area contributed by atoms with Crippen molar-refractivity contribution in [2.45, 2.75) is 26.2 Å². The highest BCUT2D eigenvalue weighted by Crippen LogP contribution is 2.35. The maximum absolute atomic E-state index is 9.55. The van der Waals surface area contributed by atoms with E-state index in [2.05, 4.69) is 31.9 Å². The fraction of sp³-hybridized carbons (Fsp3) is 0.524. The molecule has 2 atom stereocenters. The van der Waals surface area contributed by atoms with Crippen LogP contribution in [0.15, 0.2) is 30.4 Å². The zero-order valence-electron chi connectivity index (χ0n) is 17.0. The van der Waals surface area contributed by atoms with Gasteiger partial charge < -0.3 is 19.8 Å². The minimum Gasteiger partial charge on any atom is -0.478 e. The van der Waals surface area contributed by atoms with E-state index in [0.717, 1.165) is 32.7 Å². The van der Waals surface area contributed by atoms with Gasteiger partial charge in [-0.1, -0.05) is 43.1 Å². The lowest BCUT2D eigenvalue weighted by molar-refractivity contribution is -0.134. The highest BCUT2D eigenvalue weighted by molar-refractivity contribution is 6.42. The average Bonchev–Trinajstić information content (AvgIpc) is 2.63. The van der Waals surface area contributed by atoms with E-state index in [9.17, 15) is 9.59 Å². The molecule has 8 heteroatoms. The number of piperidine rings is 1. The molecule has 0 spiro atoms. The Morgan fingerprint density at radius 2 is 1.83 bits per heavy atom. The Bertz CT molecular complexity index is 692. The molecule has 1 saturated heterocycles. The van der Waals surface area contributed by atoms with Gasteiger partial charge in [0, 0.05) is 31.2 Å². The van der Waals surface area contributed by atoms with E-state index in [1.165, 1.54) is 5.56 Å². The van der Waals surface area contributed by atoms with Crippen LogP contribution in [0.25, 0.3) is 0 Å². The predicted octanol–water partition coefficient (Wildman–Crippen LogP) is 4.41. The number of ether oxygens (including phenoxy) is 1. The predicted molar refractivity (Wildman–Crippen MR) is 115 cm³/mol. The summed E-state index contributed by atoms with van der Waals surface area (Å²) in [6.45, 7) is 8.20. The van der Waals surface area contributed by atoms with Crippen molar-refractivity contribution in [3.8, 4) is 0 Å². The first-order chi connectivity index (χ1) is 13.6. The average molecular weight is 446 g/mol. The van der Waals surface area contributed by atoms with Crippen molar-refractivity contribution in [2.75, 3.05) is 33.4 Å². The van der Waals surface area contributed by atoms with Gasteiger partial charge in [-0.05, 0) is 49.5 Å². The summed E-state index contributed by atoms with van der Waals surface area (Å²) in [4.78, 5) is 21.5. The second kappa shape index (κ2) is 12.9. The van der Waals surface area contributed by atoms with Gasteiger partial charge in [-0.25, -0.2) is 9.59 Å².